The van der Waals surface area contributed by atoms with E-state index >= 15 is 0 Å². The second-order valence-electron chi connectivity index (χ2n) is 4.76. The van der Waals surface area contributed by atoms with E-state index in [0.717, 1.165) is 18.4 Å². The van der Waals surface area contributed by atoms with Crippen LogP contribution in [-0.4, -0.2) is 18.8 Å². The zero-order valence-electron chi connectivity index (χ0n) is 10.2. The van der Waals surface area contributed by atoms with Crippen LogP contribution in [0.1, 0.15) is 25.8 Å². The van der Waals surface area contributed by atoms with Gasteiger partial charge >= 0.3 is 0 Å². The Morgan fingerprint density at radius 3 is 2.38 bits per heavy atom. The second-order valence-corrected chi connectivity index (χ2v) is 4.76. The van der Waals surface area contributed by atoms with Gasteiger partial charge in [0.05, 0.1) is 5.60 Å². The fourth-order valence-electron chi connectivity index (χ4n) is 1.71. The summed E-state index contributed by atoms with van der Waals surface area (Å²) >= 11 is 0. The minimum atomic E-state index is -0.213. The van der Waals surface area contributed by atoms with Crippen LogP contribution in [0.2, 0.25) is 0 Å². The van der Waals surface area contributed by atoms with Crippen molar-refractivity contribution in [3.63, 3.8) is 0 Å². The third kappa shape index (κ3) is 4.29. The Morgan fingerprint density at radius 2 is 1.88 bits per heavy atom. The van der Waals surface area contributed by atoms with Crippen molar-refractivity contribution in [3.8, 4) is 0 Å². The van der Waals surface area contributed by atoms with Gasteiger partial charge in [0.1, 0.15) is 5.82 Å². The molecule has 0 heterocycles. The molecule has 0 aliphatic rings. The van der Waals surface area contributed by atoms with Gasteiger partial charge < -0.3 is 10.5 Å². The quantitative estimate of drug-likeness (QED) is 0.835. The zero-order chi connectivity index (χ0) is 12.2. The van der Waals surface area contributed by atoms with E-state index in [4.69, 9.17) is 10.5 Å². The largest absolute Gasteiger partial charge is 0.379 e. The van der Waals surface area contributed by atoms with Crippen molar-refractivity contribution in [1.82, 2.24) is 0 Å². The van der Waals surface area contributed by atoms with Gasteiger partial charge in [0.25, 0.3) is 0 Å². The molecule has 1 unspecified atom stereocenters. The van der Waals surface area contributed by atoms with Gasteiger partial charge in [-0.2, -0.15) is 0 Å². The SMILES string of the molecule is COC(C)(C)CC(N)Cc1ccc(F)cc1. The molecule has 1 rings (SSSR count). The van der Waals surface area contributed by atoms with E-state index in [-0.39, 0.29) is 17.5 Å². The summed E-state index contributed by atoms with van der Waals surface area (Å²) in [7, 11) is 1.69. The van der Waals surface area contributed by atoms with Gasteiger partial charge in [-0.3, -0.25) is 0 Å². The molecule has 3 heteroatoms. The molecule has 16 heavy (non-hydrogen) atoms. The van der Waals surface area contributed by atoms with Gasteiger partial charge in [0.15, 0.2) is 0 Å². The predicted octanol–water partition coefficient (Wildman–Crippen LogP) is 2.51. The molecule has 0 amide bonds. The molecule has 0 saturated heterocycles. The van der Waals surface area contributed by atoms with Crippen molar-refractivity contribution in [2.75, 3.05) is 7.11 Å². The summed E-state index contributed by atoms with van der Waals surface area (Å²) in [5.41, 5.74) is 6.88. The Balaban J connectivity index is 2.51. The summed E-state index contributed by atoms with van der Waals surface area (Å²) in [6, 6.07) is 6.50. The van der Waals surface area contributed by atoms with Crippen molar-refractivity contribution < 1.29 is 9.13 Å². The van der Waals surface area contributed by atoms with Crippen LogP contribution in [0.3, 0.4) is 0 Å². The molecule has 1 aromatic carbocycles. The number of nitrogens with two attached hydrogens (primary N) is 1. The number of halogens is 1. The lowest BCUT2D eigenvalue weighted by Gasteiger charge is -2.26. The van der Waals surface area contributed by atoms with Gasteiger partial charge in [0.2, 0.25) is 0 Å². The number of hydrogen-bond acceptors (Lipinski definition) is 2. The van der Waals surface area contributed by atoms with E-state index < -0.39 is 0 Å². The Labute approximate surface area is 96.6 Å². The van der Waals surface area contributed by atoms with Crippen molar-refractivity contribution >= 4 is 0 Å². The normalized spacial score (nSPS) is 13.8. The van der Waals surface area contributed by atoms with Crippen LogP contribution in [0.4, 0.5) is 4.39 Å². The van der Waals surface area contributed by atoms with E-state index in [0.29, 0.717) is 0 Å². The average Bonchev–Trinajstić information content (AvgIpc) is 2.21. The number of methoxy groups -OCH3 is 1. The Bertz CT molecular complexity index is 321. The van der Waals surface area contributed by atoms with Crippen LogP contribution in [0.5, 0.6) is 0 Å². The van der Waals surface area contributed by atoms with Crippen LogP contribution in [0.25, 0.3) is 0 Å². The van der Waals surface area contributed by atoms with Gasteiger partial charge in [-0.15, -0.1) is 0 Å². The Kier molecular flexibility index (Phi) is 4.44. The van der Waals surface area contributed by atoms with Crippen LogP contribution < -0.4 is 5.73 Å². The topological polar surface area (TPSA) is 35.2 Å². The van der Waals surface area contributed by atoms with E-state index in [9.17, 15) is 4.39 Å². The van der Waals surface area contributed by atoms with E-state index in [1.54, 1.807) is 19.2 Å². The molecule has 2 N–H and O–H groups in total. The highest BCUT2D eigenvalue weighted by Gasteiger charge is 2.20. The molecule has 0 aliphatic heterocycles. The third-order valence-electron chi connectivity index (χ3n) is 2.72. The molecular formula is C13H20FNO. The number of benzene rings is 1. The van der Waals surface area contributed by atoms with Crippen LogP contribution >= 0.6 is 0 Å². The molecule has 90 valence electrons. The number of ether oxygens (including phenoxy) is 1. The zero-order valence-corrected chi connectivity index (χ0v) is 10.2. The van der Waals surface area contributed by atoms with Crippen LogP contribution in [0, 0.1) is 5.82 Å². The fraction of sp³-hybridized carbons (Fsp3) is 0.538. The fourth-order valence-corrected chi connectivity index (χ4v) is 1.71. The van der Waals surface area contributed by atoms with E-state index in [1.165, 1.54) is 12.1 Å². The molecule has 0 aromatic heterocycles. The molecule has 0 aliphatic carbocycles. The monoisotopic (exact) mass is 225 g/mol. The predicted molar refractivity (Wildman–Crippen MR) is 63.8 cm³/mol. The number of rotatable bonds is 5. The Morgan fingerprint density at radius 1 is 1.31 bits per heavy atom. The lowest BCUT2D eigenvalue weighted by molar-refractivity contribution is 0.0102. The maximum absolute atomic E-state index is 12.7. The highest BCUT2D eigenvalue weighted by Crippen LogP contribution is 2.17. The first kappa shape index (κ1) is 13.1. The molecule has 0 radical (unpaired) electrons. The van der Waals surface area contributed by atoms with Gasteiger partial charge in [-0.05, 0) is 44.4 Å². The van der Waals surface area contributed by atoms with Crippen LogP contribution in [-0.2, 0) is 11.2 Å². The first-order chi connectivity index (χ1) is 7.43. The maximum atomic E-state index is 12.7. The molecule has 2 nitrogen and oxygen atoms in total. The summed E-state index contributed by atoms with van der Waals surface area (Å²) in [4.78, 5) is 0. The standard InChI is InChI=1S/C13H20FNO/c1-13(2,16-3)9-12(15)8-10-4-6-11(14)7-5-10/h4-7,12H,8-9,15H2,1-3H3. The molecule has 0 spiro atoms. The minimum Gasteiger partial charge on any atom is -0.379 e. The summed E-state index contributed by atoms with van der Waals surface area (Å²) in [6.45, 7) is 4.02. The molecule has 1 aromatic rings. The first-order valence-electron chi connectivity index (χ1n) is 5.48. The van der Waals surface area contributed by atoms with E-state index in [2.05, 4.69) is 0 Å². The summed E-state index contributed by atoms with van der Waals surface area (Å²) < 4.78 is 18.0. The highest BCUT2D eigenvalue weighted by molar-refractivity contribution is 5.17. The van der Waals surface area contributed by atoms with Gasteiger partial charge in [0, 0.05) is 13.2 Å². The van der Waals surface area contributed by atoms with Crippen LogP contribution in [0.15, 0.2) is 24.3 Å². The first-order valence-corrected chi connectivity index (χ1v) is 5.48. The summed E-state index contributed by atoms with van der Waals surface area (Å²) in [5, 5.41) is 0. The van der Waals surface area contributed by atoms with Gasteiger partial charge in [-0.1, -0.05) is 12.1 Å². The second kappa shape index (κ2) is 5.41. The average molecular weight is 225 g/mol. The van der Waals surface area contributed by atoms with Gasteiger partial charge in [-0.25, -0.2) is 4.39 Å². The minimum absolute atomic E-state index is 0.0282. The molecule has 0 fully saturated rings. The van der Waals surface area contributed by atoms with Crippen molar-refractivity contribution in [1.29, 1.82) is 0 Å². The molecule has 0 bridgehead atoms. The summed E-state index contributed by atoms with van der Waals surface area (Å²) in [5.74, 6) is -0.213. The number of hydrogen-bond donors (Lipinski definition) is 1. The molecule has 0 saturated carbocycles. The highest BCUT2D eigenvalue weighted by atomic mass is 19.1. The molecular weight excluding hydrogens is 205 g/mol. The van der Waals surface area contributed by atoms with Crippen molar-refractivity contribution in [2.24, 2.45) is 5.73 Å². The maximum Gasteiger partial charge on any atom is 0.123 e. The smallest absolute Gasteiger partial charge is 0.123 e. The molecule has 1 atom stereocenters. The van der Waals surface area contributed by atoms with Crippen molar-refractivity contribution in [3.05, 3.63) is 35.6 Å². The lowest BCUT2D eigenvalue weighted by Crippen LogP contribution is -2.35. The lowest BCUT2D eigenvalue weighted by atomic mass is 9.95. The Hall–Kier alpha value is -0.930. The van der Waals surface area contributed by atoms with E-state index in [1.807, 2.05) is 13.8 Å². The summed E-state index contributed by atoms with van der Waals surface area (Å²) in [6.07, 6.45) is 1.52. The third-order valence-corrected chi connectivity index (χ3v) is 2.72. The van der Waals surface area contributed by atoms with Crippen molar-refractivity contribution in [2.45, 2.75) is 38.3 Å².